The molecule has 0 aliphatic heterocycles. The largest absolute Gasteiger partial charge is 0.256 e. The summed E-state index contributed by atoms with van der Waals surface area (Å²) in [5.41, 5.74) is 2.42. The van der Waals surface area contributed by atoms with Gasteiger partial charge in [-0.1, -0.05) is 18.2 Å². The number of fused-ring (bicyclic) bond motifs is 1. The molecule has 0 N–H and O–H groups in total. The Morgan fingerprint density at radius 1 is 1.12 bits per heavy atom. The van der Waals surface area contributed by atoms with E-state index in [0.717, 1.165) is 24.0 Å². The van der Waals surface area contributed by atoms with Gasteiger partial charge in [0, 0.05) is 24.2 Å². The van der Waals surface area contributed by atoms with E-state index < -0.39 is 10.0 Å². The summed E-state index contributed by atoms with van der Waals surface area (Å²) >= 11 is 0. The first-order valence-corrected chi connectivity index (χ1v) is 10.0. The Morgan fingerprint density at radius 2 is 1.85 bits per heavy atom. The minimum atomic E-state index is -3.69. The molecule has 6 heteroatoms. The molecule has 3 aromatic rings. The second kappa shape index (κ2) is 6.45. The van der Waals surface area contributed by atoms with Gasteiger partial charge in [-0.3, -0.25) is 4.98 Å². The van der Waals surface area contributed by atoms with Crippen LogP contribution >= 0.6 is 0 Å². The maximum atomic E-state index is 13.4. The van der Waals surface area contributed by atoms with E-state index in [1.165, 1.54) is 16.4 Å². The third-order valence-electron chi connectivity index (χ3n) is 4.72. The van der Waals surface area contributed by atoms with Crippen molar-refractivity contribution in [2.24, 2.45) is 0 Å². The molecule has 0 spiro atoms. The normalized spacial score (nSPS) is 14.9. The van der Waals surface area contributed by atoms with E-state index in [9.17, 15) is 12.8 Å². The van der Waals surface area contributed by atoms with Crippen LogP contribution in [0.5, 0.6) is 0 Å². The summed E-state index contributed by atoms with van der Waals surface area (Å²) in [7, 11) is -3.69. The minimum absolute atomic E-state index is 0.00178. The van der Waals surface area contributed by atoms with Crippen molar-refractivity contribution in [1.29, 1.82) is 0 Å². The SMILES string of the molecule is Cc1ccc(S(=O)(=O)N(Cc2ccc(F)cc2)C2CC2)c2cccnc12. The number of hydrogen-bond acceptors (Lipinski definition) is 3. The fourth-order valence-corrected chi connectivity index (χ4v) is 5.04. The molecular formula is C20H19FN2O2S. The standard InChI is InChI=1S/C20H19FN2O2S/c1-14-4-11-19(18-3-2-12-22-20(14)18)26(24,25)23(17-9-10-17)13-15-5-7-16(21)8-6-15/h2-8,11-12,17H,9-10,13H2,1H3. The predicted octanol–water partition coefficient (Wildman–Crippen LogP) is 4.04. The van der Waals surface area contributed by atoms with E-state index in [4.69, 9.17) is 0 Å². The quantitative estimate of drug-likeness (QED) is 0.681. The second-order valence-electron chi connectivity index (χ2n) is 6.69. The molecule has 1 saturated carbocycles. The number of aromatic nitrogens is 1. The maximum absolute atomic E-state index is 13.4. The number of nitrogens with zero attached hydrogens (tertiary/aromatic N) is 2. The Morgan fingerprint density at radius 3 is 2.54 bits per heavy atom. The van der Waals surface area contributed by atoms with E-state index >= 15 is 0 Å². The molecule has 0 atom stereocenters. The Labute approximate surface area is 152 Å². The lowest BCUT2D eigenvalue weighted by Gasteiger charge is -2.23. The van der Waals surface area contributed by atoms with Gasteiger partial charge in [0.15, 0.2) is 0 Å². The van der Waals surface area contributed by atoms with Crippen molar-refractivity contribution in [3.05, 3.63) is 71.7 Å². The zero-order valence-corrected chi connectivity index (χ0v) is 15.2. The lowest BCUT2D eigenvalue weighted by Crippen LogP contribution is -2.32. The summed E-state index contributed by atoms with van der Waals surface area (Å²) in [6, 6.07) is 13.0. The predicted molar refractivity (Wildman–Crippen MR) is 98.6 cm³/mol. The van der Waals surface area contributed by atoms with Crippen LogP contribution < -0.4 is 0 Å². The van der Waals surface area contributed by atoms with Crippen molar-refractivity contribution in [3.8, 4) is 0 Å². The first-order chi connectivity index (χ1) is 12.5. The molecule has 134 valence electrons. The Hall–Kier alpha value is -2.31. The zero-order valence-electron chi connectivity index (χ0n) is 14.4. The molecule has 0 bridgehead atoms. The van der Waals surface area contributed by atoms with Gasteiger partial charge in [-0.25, -0.2) is 12.8 Å². The summed E-state index contributed by atoms with van der Waals surface area (Å²) in [6.07, 6.45) is 3.37. The van der Waals surface area contributed by atoms with Gasteiger partial charge in [-0.2, -0.15) is 4.31 Å². The van der Waals surface area contributed by atoms with Crippen LogP contribution in [0.3, 0.4) is 0 Å². The maximum Gasteiger partial charge on any atom is 0.244 e. The molecular weight excluding hydrogens is 351 g/mol. The number of pyridine rings is 1. The van der Waals surface area contributed by atoms with Gasteiger partial charge in [-0.15, -0.1) is 0 Å². The number of rotatable bonds is 5. The monoisotopic (exact) mass is 370 g/mol. The molecule has 2 aromatic carbocycles. The molecule has 1 aromatic heterocycles. The number of halogens is 1. The lowest BCUT2D eigenvalue weighted by molar-refractivity contribution is 0.399. The molecule has 26 heavy (non-hydrogen) atoms. The fourth-order valence-electron chi connectivity index (χ4n) is 3.18. The Kier molecular flexibility index (Phi) is 4.25. The Bertz CT molecular complexity index is 1060. The van der Waals surface area contributed by atoms with Gasteiger partial charge in [0.25, 0.3) is 0 Å². The van der Waals surface area contributed by atoms with Gasteiger partial charge in [-0.05, 0) is 61.2 Å². The third-order valence-corrected chi connectivity index (χ3v) is 6.68. The molecule has 4 rings (SSSR count). The van der Waals surface area contributed by atoms with Crippen LogP contribution in [0.25, 0.3) is 10.9 Å². The zero-order chi connectivity index (χ0) is 18.3. The average Bonchev–Trinajstić information content (AvgIpc) is 3.46. The van der Waals surface area contributed by atoms with Crippen LogP contribution in [0.2, 0.25) is 0 Å². The summed E-state index contributed by atoms with van der Waals surface area (Å²) < 4.78 is 41.6. The Balaban J connectivity index is 1.79. The van der Waals surface area contributed by atoms with Crippen LogP contribution in [0.4, 0.5) is 4.39 Å². The second-order valence-corrected chi connectivity index (χ2v) is 8.55. The first kappa shape index (κ1) is 17.1. The molecule has 0 saturated heterocycles. The van der Waals surface area contributed by atoms with Crippen molar-refractivity contribution in [1.82, 2.24) is 9.29 Å². The highest BCUT2D eigenvalue weighted by Gasteiger charge is 2.38. The van der Waals surface area contributed by atoms with Gasteiger partial charge in [0.05, 0.1) is 10.4 Å². The van der Waals surface area contributed by atoms with Crippen LogP contribution in [-0.2, 0) is 16.6 Å². The van der Waals surface area contributed by atoms with Crippen LogP contribution in [0.15, 0.2) is 59.6 Å². The van der Waals surface area contributed by atoms with E-state index in [-0.39, 0.29) is 23.3 Å². The van der Waals surface area contributed by atoms with E-state index in [1.54, 1.807) is 42.6 Å². The molecule has 0 unspecified atom stereocenters. The fraction of sp³-hybridized carbons (Fsp3) is 0.250. The molecule has 1 aliphatic rings. The summed E-state index contributed by atoms with van der Waals surface area (Å²) in [5.74, 6) is -0.329. The van der Waals surface area contributed by atoms with Gasteiger partial charge < -0.3 is 0 Å². The number of aryl methyl sites for hydroxylation is 1. The highest BCUT2D eigenvalue weighted by molar-refractivity contribution is 7.89. The van der Waals surface area contributed by atoms with Crippen molar-refractivity contribution in [2.75, 3.05) is 0 Å². The van der Waals surface area contributed by atoms with Crippen LogP contribution in [-0.4, -0.2) is 23.7 Å². The number of hydrogen-bond donors (Lipinski definition) is 0. The van der Waals surface area contributed by atoms with Crippen LogP contribution in [0, 0.1) is 12.7 Å². The summed E-state index contributed by atoms with van der Waals surface area (Å²) in [4.78, 5) is 4.62. The number of sulfonamides is 1. The van der Waals surface area contributed by atoms with E-state index in [1.807, 2.05) is 6.92 Å². The lowest BCUT2D eigenvalue weighted by atomic mass is 10.1. The minimum Gasteiger partial charge on any atom is -0.256 e. The van der Waals surface area contributed by atoms with Crippen molar-refractivity contribution in [3.63, 3.8) is 0 Å². The van der Waals surface area contributed by atoms with Crippen molar-refractivity contribution >= 4 is 20.9 Å². The average molecular weight is 370 g/mol. The molecule has 1 fully saturated rings. The third kappa shape index (κ3) is 3.10. The van der Waals surface area contributed by atoms with Gasteiger partial charge in [0.2, 0.25) is 10.0 Å². The molecule has 1 heterocycles. The molecule has 4 nitrogen and oxygen atoms in total. The summed E-state index contributed by atoms with van der Waals surface area (Å²) in [5, 5.41) is 0.636. The van der Waals surface area contributed by atoms with Crippen LogP contribution in [0.1, 0.15) is 24.0 Å². The van der Waals surface area contributed by atoms with Crippen molar-refractivity contribution < 1.29 is 12.8 Å². The molecule has 0 radical (unpaired) electrons. The smallest absolute Gasteiger partial charge is 0.244 e. The van der Waals surface area contributed by atoms with Crippen molar-refractivity contribution in [2.45, 2.75) is 37.2 Å². The van der Waals surface area contributed by atoms with Gasteiger partial charge in [0.1, 0.15) is 5.82 Å². The van der Waals surface area contributed by atoms with E-state index in [0.29, 0.717) is 10.9 Å². The molecule has 0 amide bonds. The van der Waals surface area contributed by atoms with E-state index in [2.05, 4.69) is 4.98 Å². The summed E-state index contributed by atoms with van der Waals surface area (Å²) in [6.45, 7) is 2.16. The number of benzene rings is 2. The van der Waals surface area contributed by atoms with Gasteiger partial charge >= 0.3 is 0 Å². The highest BCUT2D eigenvalue weighted by Crippen LogP contribution is 2.35. The first-order valence-electron chi connectivity index (χ1n) is 8.57. The highest BCUT2D eigenvalue weighted by atomic mass is 32.2. The molecule has 1 aliphatic carbocycles. The topological polar surface area (TPSA) is 50.3 Å².